The molecule has 2 aliphatic rings. The molecule has 0 amide bonds. The van der Waals surface area contributed by atoms with Crippen LogP contribution in [-0.4, -0.2) is 40.6 Å². The van der Waals surface area contributed by atoms with Gasteiger partial charge in [0, 0.05) is 31.7 Å². The molecule has 19 heavy (non-hydrogen) atoms. The van der Waals surface area contributed by atoms with E-state index in [2.05, 4.69) is 28.6 Å². The highest BCUT2D eigenvalue weighted by Crippen LogP contribution is 2.23. The number of piperidine rings is 1. The Hall–Kier alpha value is -0.870. The summed E-state index contributed by atoms with van der Waals surface area (Å²) in [5, 5.41) is 3.42. The Kier molecular flexibility index (Phi) is 3.89. The standard InChI is InChI=1S/C15H26N4/c1-3-18-8-5-13(6-9-18)11-19-12(2)17-14-10-16-7-4-15(14)19/h13,16H,3-11H2,1-2H3. The smallest absolute Gasteiger partial charge is 0.106 e. The molecule has 0 spiro atoms. The zero-order valence-electron chi connectivity index (χ0n) is 12.3. The fraction of sp³-hybridized carbons (Fsp3) is 0.800. The van der Waals surface area contributed by atoms with Crippen LogP contribution in [-0.2, 0) is 19.5 Å². The normalized spacial score (nSPS) is 21.6. The summed E-state index contributed by atoms with van der Waals surface area (Å²) in [4.78, 5) is 7.30. The molecule has 0 unspecified atom stereocenters. The van der Waals surface area contributed by atoms with Gasteiger partial charge in [0.15, 0.2) is 0 Å². The Labute approximate surface area is 116 Å². The van der Waals surface area contributed by atoms with E-state index < -0.39 is 0 Å². The molecule has 3 rings (SSSR count). The molecule has 106 valence electrons. The Morgan fingerprint density at radius 3 is 2.84 bits per heavy atom. The fourth-order valence-electron chi connectivity index (χ4n) is 3.49. The third-order valence-electron chi connectivity index (χ3n) is 4.77. The van der Waals surface area contributed by atoms with Crippen LogP contribution in [0.25, 0.3) is 0 Å². The van der Waals surface area contributed by atoms with Crippen molar-refractivity contribution in [3.05, 3.63) is 17.2 Å². The molecule has 3 heterocycles. The third-order valence-corrected chi connectivity index (χ3v) is 4.77. The van der Waals surface area contributed by atoms with Crippen molar-refractivity contribution in [2.75, 3.05) is 26.2 Å². The maximum absolute atomic E-state index is 4.74. The van der Waals surface area contributed by atoms with Gasteiger partial charge in [0.25, 0.3) is 0 Å². The quantitative estimate of drug-likeness (QED) is 0.897. The number of likely N-dealkylation sites (tertiary alicyclic amines) is 1. The van der Waals surface area contributed by atoms with Crippen molar-refractivity contribution in [1.29, 1.82) is 0 Å². The molecule has 4 nitrogen and oxygen atoms in total. The monoisotopic (exact) mass is 262 g/mol. The number of aromatic nitrogens is 2. The Balaban J connectivity index is 1.68. The van der Waals surface area contributed by atoms with Crippen molar-refractivity contribution in [3.8, 4) is 0 Å². The molecule has 1 N–H and O–H groups in total. The summed E-state index contributed by atoms with van der Waals surface area (Å²) in [7, 11) is 0. The zero-order valence-corrected chi connectivity index (χ0v) is 12.3. The molecule has 1 aromatic rings. The summed E-state index contributed by atoms with van der Waals surface area (Å²) in [5.41, 5.74) is 2.78. The van der Waals surface area contributed by atoms with Gasteiger partial charge >= 0.3 is 0 Å². The van der Waals surface area contributed by atoms with E-state index in [1.165, 1.54) is 56.2 Å². The minimum absolute atomic E-state index is 0.842. The van der Waals surface area contributed by atoms with Gasteiger partial charge in [-0.25, -0.2) is 4.98 Å². The van der Waals surface area contributed by atoms with E-state index in [4.69, 9.17) is 4.98 Å². The molecule has 0 bridgehead atoms. The molecule has 4 heteroatoms. The van der Waals surface area contributed by atoms with Crippen molar-refractivity contribution in [2.45, 2.75) is 46.2 Å². The van der Waals surface area contributed by atoms with Crippen LogP contribution in [0.1, 0.15) is 37.0 Å². The molecular weight excluding hydrogens is 236 g/mol. The number of imidazole rings is 1. The van der Waals surface area contributed by atoms with Crippen LogP contribution < -0.4 is 5.32 Å². The highest BCUT2D eigenvalue weighted by molar-refractivity contribution is 5.19. The summed E-state index contributed by atoms with van der Waals surface area (Å²) in [6.07, 6.45) is 3.83. The van der Waals surface area contributed by atoms with Gasteiger partial charge in [0.05, 0.1) is 5.69 Å². The first-order chi connectivity index (χ1) is 9.28. The second-order valence-corrected chi connectivity index (χ2v) is 5.97. The largest absolute Gasteiger partial charge is 0.332 e. The average molecular weight is 262 g/mol. The first kappa shape index (κ1) is 13.1. The highest BCUT2D eigenvalue weighted by Gasteiger charge is 2.22. The van der Waals surface area contributed by atoms with Gasteiger partial charge in [-0.05, 0) is 45.3 Å². The summed E-state index contributed by atoms with van der Waals surface area (Å²) in [5.74, 6) is 2.06. The van der Waals surface area contributed by atoms with Gasteiger partial charge in [-0.3, -0.25) is 0 Å². The lowest BCUT2D eigenvalue weighted by molar-refractivity contribution is 0.180. The van der Waals surface area contributed by atoms with Crippen molar-refractivity contribution in [2.24, 2.45) is 5.92 Å². The topological polar surface area (TPSA) is 33.1 Å². The predicted molar refractivity (Wildman–Crippen MR) is 77.2 cm³/mol. The summed E-state index contributed by atoms with van der Waals surface area (Å²) >= 11 is 0. The number of fused-ring (bicyclic) bond motifs is 1. The van der Waals surface area contributed by atoms with E-state index in [1.54, 1.807) is 0 Å². The zero-order chi connectivity index (χ0) is 13.2. The number of nitrogens with zero attached hydrogens (tertiary/aromatic N) is 3. The molecule has 2 aliphatic heterocycles. The molecule has 1 fully saturated rings. The van der Waals surface area contributed by atoms with Gasteiger partial charge in [-0.1, -0.05) is 6.92 Å². The second-order valence-electron chi connectivity index (χ2n) is 5.97. The van der Waals surface area contributed by atoms with E-state index in [9.17, 15) is 0 Å². The Bertz CT molecular complexity index is 430. The van der Waals surface area contributed by atoms with Crippen molar-refractivity contribution in [3.63, 3.8) is 0 Å². The molecule has 1 saturated heterocycles. The lowest BCUT2D eigenvalue weighted by Crippen LogP contribution is -2.35. The van der Waals surface area contributed by atoms with Gasteiger partial charge in [-0.2, -0.15) is 0 Å². The Morgan fingerprint density at radius 2 is 2.11 bits per heavy atom. The SMILES string of the molecule is CCN1CCC(Cn2c(C)nc3c2CCNC3)CC1. The minimum atomic E-state index is 0.842. The molecule has 0 aromatic carbocycles. The summed E-state index contributed by atoms with van der Waals surface area (Å²) in [6, 6.07) is 0. The lowest BCUT2D eigenvalue weighted by Gasteiger charge is -2.31. The van der Waals surface area contributed by atoms with Gasteiger partial charge in [-0.15, -0.1) is 0 Å². The van der Waals surface area contributed by atoms with Crippen LogP contribution in [0.4, 0.5) is 0 Å². The van der Waals surface area contributed by atoms with Crippen molar-refractivity contribution >= 4 is 0 Å². The van der Waals surface area contributed by atoms with Crippen LogP contribution in [0.5, 0.6) is 0 Å². The third kappa shape index (κ3) is 2.70. The van der Waals surface area contributed by atoms with Crippen molar-refractivity contribution < 1.29 is 0 Å². The van der Waals surface area contributed by atoms with Crippen LogP contribution in [0.3, 0.4) is 0 Å². The van der Waals surface area contributed by atoms with Gasteiger partial charge in [0.2, 0.25) is 0 Å². The maximum Gasteiger partial charge on any atom is 0.106 e. The number of nitrogens with one attached hydrogen (secondary N) is 1. The number of hydrogen-bond acceptors (Lipinski definition) is 3. The first-order valence-electron chi connectivity index (χ1n) is 7.76. The first-order valence-corrected chi connectivity index (χ1v) is 7.76. The number of aryl methyl sites for hydroxylation is 1. The lowest BCUT2D eigenvalue weighted by atomic mass is 9.96. The van der Waals surface area contributed by atoms with Crippen LogP contribution >= 0.6 is 0 Å². The fourth-order valence-corrected chi connectivity index (χ4v) is 3.49. The molecule has 0 atom stereocenters. The molecule has 0 radical (unpaired) electrons. The molecular formula is C15H26N4. The van der Waals surface area contributed by atoms with E-state index >= 15 is 0 Å². The van der Waals surface area contributed by atoms with Crippen LogP contribution in [0, 0.1) is 12.8 Å². The van der Waals surface area contributed by atoms with E-state index in [1.807, 2.05) is 0 Å². The van der Waals surface area contributed by atoms with Crippen molar-refractivity contribution in [1.82, 2.24) is 19.8 Å². The van der Waals surface area contributed by atoms with E-state index in [0.29, 0.717) is 0 Å². The van der Waals surface area contributed by atoms with Gasteiger partial charge in [0.1, 0.15) is 5.82 Å². The summed E-state index contributed by atoms with van der Waals surface area (Å²) in [6.45, 7) is 11.4. The number of hydrogen-bond donors (Lipinski definition) is 1. The van der Waals surface area contributed by atoms with Gasteiger partial charge < -0.3 is 14.8 Å². The molecule has 0 aliphatic carbocycles. The number of rotatable bonds is 3. The highest BCUT2D eigenvalue weighted by atomic mass is 15.1. The van der Waals surface area contributed by atoms with Crippen LogP contribution in [0.2, 0.25) is 0 Å². The van der Waals surface area contributed by atoms with Crippen LogP contribution in [0.15, 0.2) is 0 Å². The minimum Gasteiger partial charge on any atom is -0.332 e. The summed E-state index contributed by atoms with van der Waals surface area (Å²) < 4.78 is 2.50. The average Bonchev–Trinajstić information content (AvgIpc) is 2.76. The predicted octanol–water partition coefficient (Wildman–Crippen LogP) is 1.57. The second kappa shape index (κ2) is 5.63. The van der Waals surface area contributed by atoms with E-state index in [-0.39, 0.29) is 0 Å². The van der Waals surface area contributed by atoms with E-state index in [0.717, 1.165) is 25.4 Å². The molecule has 1 aromatic heterocycles. The maximum atomic E-state index is 4.74. The molecule has 0 saturated carbocycles. The Morgan fingerprint density at radius 1 is 1.32 bits per heavy atom.